The highest BCUT2D eigenvalue weighted by Crippen LogP contribution is 2.37. The molecule has 8 nitrogen and oxygen atoms in total. The van der Waals surface area contributed by atoms with Crippen molar-refractivity contribution in [2.75, 3.05) is 14.2 Å². The number of methoxy groups -OCH3 is 1. The van der Waals surface area contributed by atoms with Crippen molar-refractivity contribution >= 4 is 44.9 Å². The van der Waals surface area contributed by atoms with Crippen LogP contribution in [0.15, 0.2) is 33.9 Å². The topological polar surface area (TPSA) is 102 Å². The number of phenols is 1. The number of carbonyl (C=O) groups excluding carboxylic acids is 2. The number of rotatable bonds is 5. The zero-order chi connectivity index (χ0) is 19.6. The van der Waals surface area contributed by atoms with Gasteiger partial charge in [0.1, 0.15) is 6.61 Å². The SMILES string of the molecule is COc1ncc(COc2cc(/C=C3\SC(=O)N(C)C3=O)c(Br)cc2O)cn1. The number of aromatic nitrogens is 2. The second-order valence-corrected chi connectivity index (χ2v) is 7.30. The van der Waals surface area contributed by atoms with Gasteiger partial charge in [-0.2, -0.15) is 0 Å². The van der Waals surface area contributed by atoms with Crippen molar-refractivity contribution in [3.63, 3.8) is 0 Å². The van der Waals surface area contributed by atoms with Gasteiger partial charge >= 0.3 is 6.01 Å². The molecule has 3 rings (SSSR count). The van der Waals surface area contributed by atoms with Crippen LogP contribution >= 0.6 is 27.7 Å². The van der Waals surface area contributed by atoms with Crippen LogP contribution in [-0.4, -0.2) is 45.3 Å². The average molecular weight is 452 g/mol. The highest BCUT2D eigenvalue weighted by molar-refractivity contribution is 9.10. The number of aromatic hydroxyl groups is 1. The molecule has 0 bridgehead atoms. The second-order valence-electron chi connectivity index (χ2n) is 5.45. The predicted molar refractivity (Wildman–Crippen MR) is 102 cm³/mol. The first-order valence-corrected chi connectivity index (χ1v) is 9.21. The third-order valence-electron chi connectivity index (χ3n) is 3.61. The molecule has 1 aromatic carbocycles. The lowest BCUT2D eigenvalue weighted by atomic mass is 10.2. The molecule has 0 saturated carbocycles. The van der Waals surface area contributed by atoms with Gasteiger partial charge in [-0.1, -0.05) is 15.9 Å². The molecule has 1 saturated heterocycles. The monoisotopic (exact) mass is 451 g/mol. The van der Waals surface area contributed by atoms with Gasteiger partial charge in [0.05, 0.1) is 12.0 Å². The van der Waals surface area contributed by atoms with Crippen molar-refractivity contribution in [3.05, 3.63) is 45.0 Å². The molecule has 1 aromatic heterocycles. The molecule has 0 spiro atoms. The van der Waals surface area contributed by atoms with E-state index in [1.54, 1.807) is 24.5 Å². The third kappa shape index (κ3) is 4.22. The number of carbonyl (C=O) groups is 2. The number of hydrogen-bond donors (Lipinski definition) is 1. The molecule has 0 radical (unpaired) electrons. The Morgan fingerprint density at radius 2 is 2.00 bits per heavy atom. The average Bonchev–Trinajstić information content (AvgIpc) is 2.90. The van der Waals surface area contributed by atoms with Crippen molar-refractivity contribution in [1.29, 1.82) is 0 Å². The van der Waals surface area contributed by atoms with Gasteiger partial charge in [-0.3, -0.25) is 14.5 Å². The number of phenolic OH excluding ortho intramolecular Hbond substituents is 1. The first-order chi connectivity index (χ1) is 12.9. The molecule has 0 unspecified atom stereocenters. The van der Waals surface area contributed by atoms with Crippen molar-refractivity contribution in [2.45, 2.75) is 6.61 Å². The molecule has 1 N–H and O–H groups in total. The minimum atomic E-state index is -0.372. The zero-order valence-corrected chi connectivity index (χ0v) is 16.7. The van der Waals surface area contributed by atoms with Crippen molar-refractivity contribution < 1.29 is 24.2 Å². The summed E-state index contributed by atoms with van der Waals surface area (Å²) < 4.78 is 11.1. The molecule has 0 atom stereocenters. The molecular formula is C17H14BrN3O5S. The molecule has 2 heterocycles. The Balaban J connectivity index is 1.81. The largest absolute Gasteiger partial charge is 0.504 e. The zero-order valence-electron chi connectivity index (χ0n) is 14.3. The van der Waals surface area contributed by atoms with E-state index in [4.69, 9.17) is 9.47 Å². The summed E-state index contributed by atoms with van der Waals surface area (Å²) in [5.41, 5.74) is 1.28. The summed E-state index contributed by atoms with van der Waals surface area (Å²) in [6.07, 6.45) is 4.68. The summed E-state index contributed by atoms with van der Waals surface area (Å²) >= 11 is 4.19. The number of halogens is 1. The fourth-order valence-corrected chi connectivity index (χ4v) is 3.42. The predicted octanol–water partition coefficient (Wildman–Crippen LogP) is 3.20. The van der Waals surface area contributed by atoms with E-state index >= 15 is 0 Å². The molecule has 1 aliphatic heterocycles. The number of ether oxygens (including phenoxy) is 2. The number of amides is 2. The van der Waals surface area contributed by atoms with Gasteiger partial charge in [0.2, 0.25) is 0 Å². The standard InChI is InChI=1S/C17H14BrN3O5S/c1-21-15(23)14(27-17(21)24)4-10-3-13(12(22)5-11(10)18)26-8-9-6-19-16(25-2)20-7-9/h3-7,22H,8H2,1-2H3/b14-4-. The van der Waals surface area contributed by atoms with Crippen LogP contribution in [0.3, 0.4) is 0 Å². The molecule has 10 heteroatoms. The summed E-state index contributed by atoms with van der Waals surface area (Å²) in [5, 5.41) is 9.78. The van der Waals surface area contributed by atoms with Crippen LogP contribution in [-0.2, 0) is 11.4 Å². The molecule has 1 fully saturated rings. The molecule has 140 valence electrons. The number of thioether (sulfide) groups is 1. The van der Waals surface area contributed by atoms with E-state index in [0.717, 1.165) is 16.7 Å². The summed E-state index contributed by atoms with van der Waals surface area (Å²) in [7, 11) is 2.90. The van der Waals surface area contributed by atoms with Crippen LogP contribution in [0.5, 0.6) is 17.5 Å². The lowest BCUT2D eigenvalue weighted by Crippen LogP contribution is -2.22. The van der Waals surface area contributed by atoms with Crippen molar-refractivity contribution in [2.24, 2.45) is 0 Å². The van der Waals surface area contributed by atoms with Crippen LogP contribution in [0.25, 0.3) is 6.08 Å². The van der Waals surface area contributed by atoms with Gasteiger partial charge < -0.3 is 14.6 Å². The third-order valence-corrected chi connectivity index (χ3v) is 5.26. The highest BCUT2D eigenvalue weighted by atomic mass is 79.9. The Morgan fingerprint density at radius 3 is 2.59 bits per heavy atom. The fraction of sp³-hybridized carbons (Fsp3) is 0.176. The lowest BCUT2D eigenvalue weighted by Gasteiger charge is -2.10. The molecule has 27 heavy (non-hydrogen) atoms. The van der Waals surface area contributed by atoms with Gasteiger partial charge in [-0.25, -0.2) is 9.97 Å². The molecular weight excluding hydrogens is 438 g/mol. The van der Waals surface area contributed by atoms with Crippen molar-refractivity contribution in [1.82, 2.24) is 14.9 Å². The molecule has 0 aliphatic carbocycles. The number of nitrogens with zero attached hydrogens (tertiary/aromatic N) is 3. The smallest absolute Gasteiger partial charge is 0.316 e. The van der Waals surface area contributed by atoms with Crippen molar-refractivity contribution in [3.8, 4) is 17.5 Å². The highest BCUT2D eigenvalue weighted by Gasteiger charge is 2.32. The van der Waals surface area contributed by atoms with Gasteiger partial charge in [-0.15, -0.1) is 0 Å². The van der Waals surface area contributed by atoms with Crippen LogP contribution in [0.1, 0.15) is 11.1 Å². The summed E-state index contributed by atoms with van der Waals surface area (Å²) in [6.45, 7) is 0.129. The number of hydrogen-bond acceptors (Lipinski definition) is 8. The Kier molecular flexibility index (Phi) is 5.66. The van der Waals surface area contributed by atoms with E-state index in [2.05, 4.69) is 25.9 Å². The number of imide groups is 1. The molecule has 2 aromatic rings. The van der Waals surface area contributed by atoms with Crippen LogP contribution in [0, 0.1) is 0 Å². The normalized spacial score (nSPS) is 15.5. The van der Waals surface area contributed by atoms with E-state index < -0.39 is 0 Å². The quantitative estimate of drug-likeness (QED) is 0.691. The lowest BCUT2D eigenvalue weighted by molar-refractivity contribution is -0.121. The summed E-state index contributed by atoms with van der Waals surface area (Å²) in [4.78, 5) is 33.0. The Labute approximate surface area is 167 Å². The van der Waals surface area contributed by atoms with Gasteiger partial charge in [0, 0.05) is 29.5 Å². The maximum Gasteiger partial charge on any atom is 0.316 e. The Morgan fingerprint density at radius 1 is 1.30 bits per heavy atom. The molecule has 2 amide bonds. The second kappa shape index (κ2) is 7.97. The van der Waals surface area contributed by atoms with E-state index in [-0.39, 0.29) is 35.3 Å². The first-order valence-electron chi connectivity index (χ1n) is 7.61. The van der Waals surface area contributed by atoms with Crippen LogP contribution in [0.4, 0.5) is 4.79 Å². The Bertz CT molecular complexity index is 933. The van der Waals surface area contributed by atoms with Gasteiger partial charge in [0.25, 0.3) is 11.1 Å². The van der Waals surface area contributed by atoms with E-state index in [1.807, 2.05) is 0 Å². The van der Waals surface area contributed by atoms with Crippen LogP contribution < -0.4 is 9.47 Å². The van der Waals surface area contributed by atoms with Gasteiger partial charge in [-0.05, 0) is 35.5 Å². The minimum absolute atomic E-state index is 0.0722. The van der Waals surface area contributed by atoms with E-state index in [1.165, 1.54) is 20.2 Å². The van der Waals surface area contributed by atoms with E-state index in [9.17, 15) is 14.7 Å². The maximum absolute atomic E-state index is 12.0. The Hall–Kier alpha value is -2.59. The number of likely N-dealkylation sites (N-methyl/N-ethyl adjacent to an activating group) is 1. The minimum Gasteiger partial charge on any atom is -0.504 e. The summed E-state index contributed by atoms with van der Waals surface area (Å²) in [5.74, 6) is -0.226. The van der Waals surface area contributed by atoms with E-state index in [0.29, 0.717) is 20.5 Å². The molecule has 1 aliphatic rings. The fourth-order valence-electron chi connectivity index (χ4n) is 2.16. The van der Waals surface area contributed by atoms with Crippen LogP contribution in [0.2, 0.25) is 0 Å². The maximum atomic E-state index is 12.0. The summed E-state index contributed by atoms with van der Waals surface area (Å²) in [6, 6.07) is 3.28. The van der Waals surface area contributed by atoms with Gasteiger partial charge in [0.15, 0.2) is 11.5 Å². The number of benzene rings is 1. The first kappa shape index (κ1) is 19.2.